The van der Waals surface area contributed by atoms with Crippen LogP contribution in [0.4, 0.5) is 4.39 Å². The molecule has 1 aromatic carbocycles. The summed E-state index contributed by atoms with van der Waals surface area (Å²) in [5.74, 6) is -0.562. The second-order valence-corrected chi connectivity index (χ2v) is 4.67. The number of β-amino-alcohol motifs (C(OH)–C–C–N with tert-alkyl or cyclic N) is 1. The third-order valence-corrected chi connectivity index (χ3v) is 3.27. The molecule has 3 nitrogen and oxygen atoms in total. The molecule has 5 heteroatoms. The Labute approximate surface area is 101 Å². The molecule has 2 rings (SSSR count). The number of likely N-dealkylation sites (tertiary alicyclic amines) is 1. The molecule has 0 bridgehead atoms. The Hall–Kier alpha value is -0.940. The first-order chi connectivity index (χ1) is 7.58. The van der Waals surface area contributed by atoms with Gasteiger partial charge in [-0.15, -0.1) is 0 Å². The largest absolute Gasteiger partial charge is 0.391 e. The van der Waals surface area contributed by atoms with Crippen molar-refractivity contribution < 1.29 is 14.3 Å². The van der Waals surface area contributed by atoms with Crippen molar-refractivity contribution in [1.29, 1.82) is 0 Å². The number of hydrogen-bond donors (Lipinski definition) is 1. The molecule has 0 aromatic heterocycles. The number of halogens is 2. The fraction of sp³-hybridized carbons (Fsp3) is 0.364. The normalized spacial score (nSPS) is 20.2. The van der Waals surface area contributed by atoms with E-state index < -0.39 is 6.10 Å². The minimum atomic E-state index is -0.442. The first-order valence-corrected chi connectivity index (χ1v) is 5.79. The summed E-state index contributed by atoms with van der Waals surface area (Å²) in [6.07, 6.45) is 0.160. The lowest BCUT2D eigenvalue weighted by Crippen LogP contribution is -2.29. The maximum absolute atomic E-state index is 12.9. The zero-order valence-electron chi connectivity index (χ0n) is 8.49. The molecule has 1 aromatic rings. The van der Waals surface area contributed by atoms with Crippen molar-refractivity contribution in [2.75, 3.05) is 13.1 Å². The van der Waals surface area contributed by atoms with Gasteiger partial charge in [-0.3, -0.25) is 4.79 Å². The molecule has 1 fully saturated rings. The monoisotopic (exact) mass is 287 g/mol. The zero-order valence-corrected chi connectivity index (χ0v) is 10.1. The van der Waals surface area contributed by atoms with Crippen molar-refractivity contribution in [2.24, 2.45) is 0 Å². The number of nitrogens with zero attached hydrogens (tertiary/aromatic N) is 1. The van der Waals surface area contributed by atoms with Gasteiger partial charge in [-0.1, -0.05) is 0 Å². The lowest BCUT2D eigenvalue weighted by molar-refractivity contribution is 0.0764. The van der Waals surface area contributed by atoms with Gasteiger partial charge < -0.3 is 10.0 Å². The Morgan fingerprint density at radius 2 is 2.31 bits per heavy atom. The summed E-state index contributed by atoms with van der Waals surface area (Å²) in [5.41, 5.74) is 0.426. The maximum atomic E-state index is 12.9. The van der Waals surface area contributed by atoms with Crippen LogP contribution < -0.4 is 0 Å². The lowest BCUT2D eigenvalue weighted by Gasteiger charge is -2.16. The Morgan fingerprint density at radius 1 is 1.56 bits per heavy atom. The Morgan fingerprint density at radius 3 is 2.88 bits per heavy atom. The van der Waals surface area contributed by atoms with E-state index in [-0.39, 0.29) is 11.7 Å². The second kappa shape index (κ2) is 4.51. The molecule has 1 saturated heterocycles. The fourth-order valence-electron chi connectivity index (χ4n) is 1.76. The van der Waals surface area contributed by atoms with Crippen molar-refractivity contribution in [3.8, 4) is 0 Å². The molecule has 0 spiro atoms. The summed E-state index contributed by atoms with van der Waals surface area (Å²) in [7, 11) is 0. The van der Waals surface area contributed by atoms with E-state index in [2.05, 4.69) is 15.9 Å². The predicted molar refractivity (Wildman–Crippen MR) is 60.6 cm³/mol. The van der Waals surface area contributed by atoms with Crippen molar-refractivity contribution in [3.63, 3.8) is 0 Å². The van der Waals surface area contributed by atoms with Gasteiger partial charge >= 0.3 is 0 Å². The second-order valence-electron chi connectivity index (χ2n) is 3.82. The highest BCUT2D eigenvalue weighted by molar-refractivity contribution is 9.10. The summed E-state index contributed by atoms with van der Waals surface area (Å²) >= 11 is 3.16. The van der Waals surface area contributed by atoms with Gasteiger partial charge in [0.15, 0.2) is 0 Å². The minimum absolute atomic E-state index is 0.177. The van der Waals surface area contributed by atoms with E-state index in [4.69, 9.17) is 0 Å². The van der Waals surface area contributed by atoms with E-state index in [0.29, 0.717) is 29.5 Å². The molecule has 1 amide bonds. The predicted octanol–water partition coefficient (Wildman–Crippen LogP) is 1.79. The number of carbonyl (C=O) groups is 1. The SMILES string of the molecule is O=C(c1ccc(F)cc1Br)N1CC[C@@H](O)C1. The van der Waals surface area contributed by atoms with Crippen LogP contribution in [-0.2, 0) is 0 Å². The van der Waals surface area contributed by atoms with Crippen LogP contribution in [0, 0.1) is 5.82 Å². The molecule has 1 aliphatic rings. The average molecular weight is 288 g/mol. The fourth-order valence-corrected chi connectivity index (χ4v) is 2.28. The lowest BCUT2D eigenvalue weighted by atomic mass is 10.2. The van der Waals surface area contributed by atoms with Gasteiger partial charge in [-0.2, -0.15) is 0 Å². The van der Waals surface area contributed by atoms with E-state index in [1.54, 1.807) is 4.90 Å². The molecule has 0 radical (unpaired) electrons. The molecule has 1 N–H and O–H groups in total. The molecule has 0 unspecified atom stereocenters. The van der Waals surface area contributed by atoms with E-state index in [1.165, 1.54) is 18.2 Å². The van der Waals surface area contributed by atoms with Crippen LogP contribution in [0.5, 0.6) is 0 Å². The van der Waals surface area contributed by atoms with Crippen LogP contribution in [0.15, 0.2) is 22.7 Å². The van der Waals surface area contributed by atoms with Crippen LogP contribution in [-0.4, -0.2) is 35.1 Å². The first kappa shape index (κ1) is 11.5. The molecule has 1 atom stereocenters. The van der Waals surface area contributed by atoms with Gasteiger partial charge in [-0.05, 0) is 40.5 Å². The van der Waals surface area contributed by atoms with Crippen molar-refractivity contribution >= 4 is 21.8 Å². The van der Waals surface area contributed by atoms with Crippen LogP contribution in [0.25, 0.3) is 0 Å². The minimum Gasteiger partial charge on any atom is -0.391 e. The van der Waals surface area contributed by atoms with Crippen LogP contribution in [0.3, 0.4) is 0 Å². The van der Waals surface area contributed by atoms with E-state index >= 15 is 0 Å². The molecular formula is C11H11BrFNO2. The highest BCUT2D eigenvalue weighted by atomic mass is 79.9. The van der Waals surface area contributed by atoms with Crippen LogP contribution >= 0.6 is 15.9 Å². The number of hydrogen-bond acceptors (Lipinski definition) is 2. The summed E-state index contributed by atoms with van der Waals surface area (Å²) in [4.78, 5) is 13.6. The molecule has 0 saturated carbocycles. The Balaban J connectivity index is 2.21. The molecule has 1 aliphatic heterocycles. The van der Waals surface area contributed by atoms with Gasteiger partial charge in [0.2, 0.25) is 0 Å². The third-order valence-electron chi connectivity index (χ3n) is 2.61. The van der Waals surface area contributed by atoms with Crippen molar-refractivity contribution in [2.45, 2.75) is 12.5 Å². The van der Waals surface area contributed by atoms with Gasteiger partial charge in [0.25, 0.3) is 5.91 Å². The van der Waals surface area contributed by atoms with Crippen molar-refractivity contribution in [1.82, 2.24) is 4.90 Å². The van der Waals surface area contributed by atoms with Crippen LogP contribution in [0.1, 0.15) is 16.8 Å². The summed E-state index contributed by atoms with van der Waals surface area (Å²) in [6, 6.07) is 3.97. The van der Waals surface area contributed by atoms with Crippen LogP contribution in [0.2, 0.25) is 0 Å². The zero-order chi connectivity index (χ0) is 11.7. The third kappa shape index (κ3) is 2.25. The smallest absolute Gasteiger partial charge is 0.255 e. The standard InChI is InChI=1S/C11H11BrFNO2/c12-10-5-7(13)1-2-9(10)11(16)14-4-3-8(15)6-14/h1-2,5,8,15H,3-4,6H2/t8-/m1/s1. The number of carbonyl (C=O) groups excluding carboxylic acids is 1. The number of aliphatic hydroxyl groups is 1. The first-order valence-electron chi connectivity index (χ1n) is 5.00. The van der Waals surface area contributed by atoms with E-state index in [1.807, 2.05) is 0 Å². The Bertz CT molecular complexity index is 424. The van der Waals surface area contributed by atoms with Gasteiger partial charge in [-0.25, -0.2) is 4.39 Å². The number of benzene rings is 1. The number of aliphatic hydroxyl groups excluding tert-OH is 1. The number of amides is 1. The van der Waals surface area contributed by atoms with Crippen molar-refractivity contribution in [3.05, 3.63) is 34.1 Å². The quantitative estimate of drug-likeness (QED) is 0.856. The molecule has 16 heavy (non-hydrogen) atoms. The molecule has 0 aliphatic carbocycles. The topological polar surface area (TPSA) is 40.5 Å². The summed E-state index contributed by atoms with van der Waals surface area (Å²) in [6.45, 7) is 0.895. The van der Waals surface area contributed by atoms with Gasteiger partial charge in [0.1, 0.15) is 5.82 Å². The van der Waals surface area contributed by atoms with E-state index in [9.17, 15) is 14.3 Å². The summed E-state index contributed by atoms with van der Waals surface area (Å²) in [5, 5.41) is 9.34. The van der Waals surface area contributed by atoms with E-state index in [0.717, 1.165) is 0 Å². The van der Waals surface area contributed by atoms with Gasteiger partial charge in [0.05, 0.1) is 11.7 Å². The van der Waals surface area contributed by atoms with Gasteiger partial charge in [0, 0.05) is 17.6 Å². The maximum Gasteiger partial charge on any atom is 0.255 e. The Kier molecular flexibility index (Phi) is 3.25. The molecular weight excluding hydrogens is 277 g/mol. The highest BCUT2D eigenvalue weighted by Gasteiger charge is 2.26. The molecule has 1 heterocycles. The highest BCUT2D eigenvalue weighted by Crippen LogP contribution is 2.21. The molecule has 86 valence electrons. The average Bonchev–Trinajstić information content (AvgIpc) is 2.64. The summed E-state index contributed by atoms with van der Waals surface area (Å²) < 4.78 is 13.3. The number of rotatable bonds is 1.